The quantitative estimate of drug-likeness (QED) is 0.886. The second-order valence-corrected chi connectivity index (χ2v) is 7.60. The fourth-order valence-electron chi connectivity index (χ4n) is 3.18. The van der Waals surface area contributed by atoms with E-state index in [0.29, 0.717) is 42.6 Å². The van der Waals surface area contributed by atoms with Crippen molar-refractivity contribution in [1.29, 1.82) is 0 Å². The van der Waals surface area contributed by atoms with E-state index in [1.54, 1.807) is 17.2 Å². The van der Waals surface area contributed by atoms with Crippen molar-refractivity contribution < 1.29 is 9.59 Å². The lowest BCUT2D eigenvalue weighted by molar-refractivity contribution is 0.0703. The highest BCUT2D eigenvalue weighted by molar-refractivity contribution is 5.95. The SMILES string of the molecule is Cc1nc(C(C)C)ncc1C(=O)N1CCn2nc(C(=O)NC3CC3)cc2C1. The summed E-state index contributed by atoms with van der Waals surface area (Å²) in [5.41, 5.74) is 2.52. The molecule has 1 aliphatic carbocycles. The Hall–Kier alpha value is -2.77. The van der Waals surface area contributed by atoms with Gasteiger partial charge >= 0.3 is 0 Å². The van der Waals surface area contributed by atoms with Crippen molar-refractivity contribution in [1.82, 2.24) is 30.0 Å². The van der Waals surface area contributed by atoms with Gasteiger partial charge < -0.3 is 10.2 Å². The molecule has 1 fully saturated rings. The second kappa shape index (κ2) is 6.75. The Morgan fingerprint density at radius 3 is 2.70 bits per heavy atom. The molecule has 0 unspecified atom stereocenters. The van der Waals surface area contributed by atoms with Crippen LogP contribution in [0.2, 0.25) is 0 Å². The molecule has 0 atom stereocenters. The molecule has 0 radical (unpaired) electrons. The first-order valence-electron chi connectivity index (χ1n) is 9.42. The van der Waals surface area contributed by atoms with Gasteiger partial charge in [0.1, 0.15) is 5.82 Å². The van der Waals surface area contributed by atoms with Crippen LogP contribution in [0.3, 0.4) is 0 Å². The average Bonchev–Trinajstić information content (AvgIpc) is 3.35. The van der Waals surface area contributed by atoms with Gasteiger partial charge in [0.2, 0.25) is 0 Å². The third-order valence-electron chi connectivity index (χ3n) is 4.98. The van der Waals surface area contributed by atoms with Crippen LogP contribution in [-0.4, -0.2) is 49.0 Å². The summed E-state index contributed by atoms with van der Waals surface area (Å²) < 4.78 is 1.82. The molecule has 2 aliphatic rings. The summed E-state index contributed by atoms with van der Waals surface area (Å²) in [6.45, 7) is 7.44. The molecule has 8 nitrogen and oxygen atoms in total. The van der Waals surface area contributed by atoms with Crippen LogP contribution in [-0.2, 0) is 13.1 Å². The van der Waals surface area contributed by atoms with E-state index in [1.807, 2.05) is 25.5 Å². The first-order chi connectivity index (χ1) is 12.9. The molecule has 0 bridgehead atoms. The fourth-order valence-corrected chi connectivity index (χ4v) is 3.18. The van der Waals surface area contributed by atoms with Gasteiger partial charge in [0.15, 0.2) is 5.69 Å². The Morgan fingerprint density at radius 1 is 1.26 bits per heavy atom. The topological polar surface area (TPSA) is 93.0 Å². The van der Waals surface area contributed by atoms with E-state index in [2.05, 4.69) is 20.4 Å². The van der Waals surface area contributed by atoms with Gasteiger partial charge in [0, 0.05) is 24.7 Å². The molecule has 0 aromatic carbocycles. The molecule has 142 valence electrons. The summed E-state index contributed by atoms with van der Waals surface area (Å²) in [5, 5.41) is 7.34. The smallest absolute Gasteiger partial charge is 0.272 e. The molecule has 8 heteroatoms. The van der Waals surface area contributed by atoms with E-state index in [4.69, 9.17) is 0 Å². The van der Waals surface area contributed by atoms with Gasteiger partial charge in [0.05, 0.1) is 30.0 Å². The molecule has 27 heavy (non-hydrogen) atoms. The lowest BCUT2D eigenvalue weighted by Gasteiger charge is -2.28. The number of carbonyl (C=O) groups is 2. The van der Waals surface area contributed by atoms with Gasteiger partial charge in [-0.05, 0) is 25.8 Å². The molecule has 2 aromatic heterocycles. The van der Waals surface area contributed by atoms with Gasteiger partial charge in [-0.15, -0.1) is 0 Å². The number of fused-ring (bicyclic) bond motifs is 1. The summed E-state index contributed by atoms with van der Waals surface area (Å²) in [5.74, 6) is 0.745. The molecule has 4 rings (SSSR count). The highest BCUT2D eigenvalue weighted by Gasteiger charge is 2.28. The van der Waals surface area contributed by atoms with Crippen molar-refractivity contribution in [3.63, 3.8) is 0 Å². The minimum absolute atomic E-state index is 0.0840. The summed E-state index contributed by atoms with van der Waals surface area (Å²) in [4.78, 5) is 35.7. The molecule has 1 aliphatic heterocycles. The van der Waals surface area contributed by atoms with Gasteiger partial charge in [-0.1, -0.05) is 13.8 Å². The van der Waals surface area contributed by atoms with Crippen LogP contribution in [0.25, 0.3) is 0 Å². The molecule has 3 heterocycles. The first kappa shape index (κ1) is 17.6. The van der Waals surface area contributed by atoms with Crippen molar-refractivity contribution in [2.75, 3.05) is 6.54 Å². The number of rotatable bonds is 4. The number of amides is 2. The zero-order chi connectivity index (χ0) is 19.1. The van der Waals surface area contributed by atoms with E-state index in [-0.39, 0.29) is 17.7 Å². The first-order valence-corrected chi connectivity index (χ1v) is 9.42. The van der Waals surface area contributed by atoms with E-state index >= 15 is 0 Å². The van der Waals surface area contributed by atoms with Crippen LogP contribution in [0.5, 0.6) is 0 Å². The predicted molar refractivity (Wildman–Crippen MR) is 98.3 cm³/mol. The largest absolute Gasteiger partial charge is 0.348 e. The molecule has 0 spiro atoms. The third kappa shape index (κ3) is 3.56. The van der Waals surface area contributed by atoms with Gasteiger partial charge in [-0.25, -0.2) is 9.97 Å². The highest BCUT2D eigenvalue weighted by Crippen LogP contribution is 2.21. The van der Waals surface area contributed by atoms with Crippen molar-refractivity contribution >= 4 is 11.8 Å². The number of hydrogen-bond acceptors (Lipinski definition) is 5. The highest BCUT2D eigenvalue weighted by atomic mass is 16.2. The molecule has 2 aromatic rings. The van der Waals surface area contributed by atoms with Crippen LogP contribution >= 0.6 is 0 Å². The minimum atomic E-state index is -0.134. The number of nitrogens with one attached hydrogen (secondary N) is 1. The van der Waals surface area contributed by atoms with Crippen LogP contribution in [0.1, 0.15) is 70.7 Å². The van der Waals surface area contributed by atoms with Crippen LogP contribution in [0.4, 0.5) is 0 Å². The Bertz CT molecular complexity index is 900. The minimum Gasteiger partial charge on any atom is -0.348 e. The lowest BCUT2D eigenvalue weighted by Crippen LogP contribution is -2.38. The third-order valence-corrected chi connectivity index (χ3v) is 4.98. The standard InChI is InChI=1S/C19H24N6O2/c1-11(2)17-20-9-15(12(3)21-17)19(27)24-6-7-25-14(10-24)8-16(23-25)18(26)22-13-4-5-13/h8-9,11,13H,4-7,10H2,1-3H3,(H,22,26). The molecule has 0 saturated heterocycles. The lowest BCUT2D eigenvalue weighted by atomic mass is 10.1. The van der Waals surface area contributed by atoms with E-state index in [1.165, 1.54) is 0 Å². The zero-order valence-corrected chi connectivity index (χ0v) is 15.9. The molecule has 1 saturated carbocycles. The Balaban J connectivity index is 1.49. The maximum atomic E-state index is 12.9. The Morgan fingerprint density at radius 2 is 2.04 bits per heavy atom. The van der Waals surface area contributed by atoms with E-state index < -0.39 is 0 Å². The van der Waals surface area contributed by atoms with E-state index in [9.17, 15) is 9.59 Å². The maximum absolute atomic E-state index is 12.9. The summed E-state index contributed by atoms with van der Waals surface area (Å²) in [6.07, 6.45) is 3.71. The van der Waals surface area contributed by atoms with Crippen molar-refractivity contribution in [2.45, 2.75) is 58.7 Å². The Labute approximate surface area is 158 Å². The Kier molecular flexibility index (Phi) is 4.41. The molecule has 1 N–H and O–H groups in total. The number of aromatic nitrogens is 4. The summed E-state index contributed by atoms with van der Waals surface area (Å²) >= 11 is 0. The van der Waals surface area contributed by atoms with Crippen LogP contribution < -0.4 is 5.32 Å². The predicted octanol–water partition coefficient (Wildman–Crippen LogP) is 1.65. The van der Waals surface area contributed by atoms with Gasteiger partial charge in [-0.2, -0.15) is 5.10 Å². The maximum Gasteiger partial charge on any atom is 0.272 e. The van der Waals surface area contributed by atoms with Crippen LogP contribution in [0.15, 0.2) is 12.3 Å². The number of nitrogens with zero attached hydrogens (tertiary/aromatic N) is 5. The molecular weight excluding hydrogens is 344 g/mol. The number of aryl methyl sites for hydroxylation is 1. The van der Waals surface area contributed by atoms with Crippen molar-refractivity contribution in [2.24, 2.45) is 0 Å². The molecular formula is C19H24N6O2. The van der Waals surface area contributed by atoms with Crippen LogP contribution in [0, 0.1) is 6.92 Å². The summed E-state index contributed by atoms with van der Waals surface area (Å²) in [6, 6.07) is 2.08. The van der Waals surface area contributed by atoms with Crippen molar-refractivity contribution in [3.8, 4) is 0 Å². The van der Waals surface area contributed by atoms with E-state index in [0.717, 1.165) is 24.4 Å². The number of hydrogen-bond donors (Lipinski definition) is 1. The summed E-state index contributed by atoms with van der Waals surface area (Å²) in [7, 11) is 0. The zero-order valence-electron chi connectivity index (χ0n) is 15.9. The molecule has 2 amide bonds. The number of carbonyl (C=O) groups excluding carboxylic acids is 2. The average molecular weight is 368 g/mol. The van der Waals surface area contributed by atoms with Gasteiger partial charge in [0.25, 0.3) is 11.8 Å². The van der Waals surface area contributed by atoms with Crippen molar-refractivity contribution in [3.05, 3.63) is 40.7 Å². The monoisotopic (exact) mass is 368 g/mol. The van der Waals surface area contributed by atoms with Gasteiger partial charge in [-0.3, -0.25) is 14.3 Å². The second-order valence-electron chi connectivity index (χ2n) is 7.60. The normalized spacial score (nSPS) is 16.4. The fraction of sp³-hybridized carbons (Fsp3) is 0.526.